The largest absolute Gasteiger partial charge is 0.370 e. The predicted octanol–water partition coefficient (Wildman–Crippen LogP) is 2.82. The number of rotatable bonds is 3. The number of piperidine rings is 1. The van der Waals surface area contributed by atoms with E-state index < -0.39 is 0 Å². The van der Waals surface area contributed by atoms with E-state index in [2.05, 4.69) is 46.3 Å². The lowest BCUT2D eigenvalue weighted by atomic mass is 10.2. The van der Waals surface area contributed by atoms with Crippen LogP contribution >= 0.6 is 24.8 Å². The van der Waals surface area contributed by atoms with Gasteiger partial charge in [-0.3, -0.25) is 0 Å². The molecule has 5 heteroatoms. The van der Waals surface area contributed by atoms with E-state index in [0.29, 0.717) is 0 Å². The van der Waals surface area contributed by atoms with Gasteiger partial charge in [-0.15, -0.1) is 24.8 Å². The minimum atomic E-state index is 0. The zero-order chi connectivity index (χ0) is 14.2. The zero-order valence-corrected chi connectivity index (χ0v) is 15.5. The Balaban J connectivity index is 0.000000960. The van der Waals surface area contributed by atoms with Gasteiger partial charge in [0.15, 0.2) is 0 Å². The van der Waals surface area contributed by atoms with Crippen LogP contribution in [0.15, 0.2) is 24.3 Å². The maximum Gasteiger partial charge on any atom is 0.0396 e. The van der Waals surface area contributed by atoms with E-state index in [1.54, 1.807) is 0 Å². The lowest BCUT2D eigenvalue weighted by Gasteiger charge is -2.25. The number of nitrogens with one attached hydrogen (secondary N) is 1. The molecule has 0 amide bonds. The second kappa shape index (κ2) is 8.06. The summed E-state index contributed by atoms with van der Waals surface area (Å²) in [6, 6.07) is 8.82. The number of benzene rings is 1. The molecule has 0 aromatic heterocycles. The van der Waals surface area contributed by atoms with Crippen molar-refractivity contribution in [3.8, 4) is 0 Å². The Labute approximate surface area is 152 Å². The van der Waals surface area contributed by atoms with Crippen LogP contribution in [0.1, 0.15) is 12.0 Å². The van der Waals surface area contributed by atoms with E-state index in [9.17, 15) is 0 Å². The molecule has 0 bridgehead atoms. The number of para-hydroxylation sites is 1. The molecule has 130 valence electrons. The number of hydrogen-bond acceptors (Lipinski definition) is 3. The molecule has 1 unspecified atom stereocenters. The third-order valence-corrected chi connectivity index (χ3v) is 5.78. The lowest BCUT2D eigenvalue weighted by molar-refractivity contribution is 0.268. The first-order chi connectivity index (χ1) is 10.3. The van der Waals surface area contributed by atoms with Crippen molar-refractivity contribution in [1.29, 1.82) is 0 Å². The number of nitrogens with zero attached hydrogens (tertiary/aromatic N) is 2. The van der Waals surface area contributed by atoms with Crippen LogP contribution in [0.4, 0.5) is 5.69 Å². The molecule has 3 fully saturated rings. The minimum absolute atomic E-state index is 0. The Morgan fingerprint density at radius 2 is 1.74 bits per heavy atom. The van der Waals surface area contributed by atoms with Gasteiger partial charge in [0.25, 0.3) is 0 Å². The van der Waals surface area contributed by atoms with Crippen LogP contribution in [0.2, 0.25) is 0 Å². The highest BCUT2D eigenvalue weighted by Crippen LogP contribution is 2.48. The number of halogens is 2. The molecular formula is C18H29Cl2N3. The Morgan fingerprint density at radius 1 is 1.00 bits per heavy atom. The normalized spacial score (nSPS) is 30.0. The Kier molecular flexibility index (Phi) is 6.61. The highest BCUT2D eigenvalue weighted by Gasteiger charge is 2.52. The first-order valence-electron chi connectivity index (χ1n) is 8.56. The van der Waals surface area contributed by atoms with Crippen LogP contribution in [0, 0.1) is 24.7 Å². The molecule has 1 saturated carbocycles. The van der Waals surface area contributed by atoms with Crippen LogP contribution < -0.4 is 10.2 Å². The second-order valence-electron chi connectivity index (χ2n) is 7.08. The summed E-state index contributed by atoms with van der Waals surface area (Å²) < 4.78 is 0. The average molecular weight is 358 g/mol. The fourth-order valence-electron chi connectivity index (χ4n) is 4.43. The summed E-state index contributed by atoms with van der Waals surface area (Å²) in [6.07, 6.45) is 1.30. The van der Waals surface area contributed by atoms with E-state index in [0.717, 1.165) is 17.8 Å². The van der Waals surface area contributed by atoms with Gasteiger partial charge in [0.05, 0.1) is 0 Å². The third kappa shape index (κ3) is 3.96. The van der Waals surface area contributed by atoms with Crippen molar-refractivity contribution in [2.24, 2.45) is 17.8 Å². The molecule has 2 aliphatic heterocycles. The molecular weight excluding hydrogens is 329 g/mol. The molecule has 4 rings (SSSR count). The zero-order valence-electron chi connectivity index (χ0n) is 13.9. The van der Waals surface area contributed by atoms with Crippen molar-refractivity contribution in [2.75, 3.05) is 50.7 Å². The molecule has 0 radical (unpaired) electrons. The van der Waals surface area contributed by atoms with Crippen LogP contribution in [0.25, 0.3) is 0 Å². The topological polar surface area (TPSA) is 18.5 Å². The Bertz CT molecular complexity index is 501. The summed E-state index contributed by atoms with van der Waals surface area (Å²) in [5.41, 5.74) is 2.85. The molecule has 2 saturated heterocycles. The summed E-state index contributed by atoms with van der Waals surface area (Å²) in [6.45, 7) is 11.0. The van der Waals surface area contributed by atoms with Crippen LogP contribution in [-0.4, -0.2) is 50.7 Å². The quantitative estimate of drug-likeness (QED) is 0.897. The molecule has 3 aliphatic rings. The molecule has 1 aromatic carbocycles. The summed E-state index contributed by atoms with van der Waals surface area (Å²) in [7, 11) is 0. The van der Waals surface area contributed by atoms with Crippen LogP contribution in [-0.2, 0) is 0 Å². The summed E-state index contributed by atoms with van der Waals surface area (Å²) in [5, 5.41) is 3.51. The van der Waals surface area contributed by atoms with E-state index >= 15 is 0 Å². The smallest absolute Gasteiger partial charge is 0.0396 e. The van der Waals surface area contributed by atoms with Crippen molar-refractivity contribution >= 4 is 30.5 Å². The van der Waals surface area contributed by atoms with Crippen molar-refractivity contribution in [3.05, 3.63) is 29.8 Å². The van der Waals surface area contributed by atoms with Gasteiger partial charge >= 0.3 is 0 Å². The van der Waals surface area contributed by atoms with Crippen molar-refractivity contribution in [2.45, 2.75) is 13.3 Å². The number of hydrogen-bond donors (Lipinski definition) is 1. The molecule has 3 atom stereocenters. The van der Waals surface area contributed by atoms with Gasteiger partial charge in [-0.05, 0) is 62.4 Å². The van der Waals surface area contributed by atoms with Crippen molar-refractivity contribution in [3.63, 3.8) is 0 Å². The SMILES string of the molecule is Cc1ccccc1N1CCCN(CC2[C@H]3CNC[C@@H]23)CC1.Cl.Cl. The van der Waals surface area contributed by atoms with Gasteiger partial charge < -0.3 is 15.1 Å². The first-order valence-corrected chi connectivity index (χ1v) is 8.56. The van der Waals surface area contributed by atoms with E-state index in [1.807, 2.05) is 0 Å². The third-order valence-electron chi connectivity index (χ3n) is 5.78. The van der Waals surface area contributed by atoms with Gasteiger partial charge in [0.1, 0.15) is 0 Å². The van der Waals surface area contributed by atoms with Gasteiger partial charge in [-0.25, -0.2) is 0 Å². The van der Waals surface area contributed by atoms with Gasteiger partial charge in [0, 0.05) is 31.9 Å². The van der Waals surface area contributed by atoms with Crippen molar-refractivity contribution < 1.29 is 0 Å². The van der Waals surface area contributed by atoms with Gasteiger partial charge in [0.2, 0.25) is 0 Å². The highest BCUT2D eigenvalue weighted by molar-refractivity contribution is 5.85. The molecule has 1 aromatic rings. The summed E-state index contributed by atoms with van der Waals surface area (Å²) >= 11 is 0. The van der Waals surface area contributed by atoms with Crippen molar-refractivity contribution in [1.82, 2.24) is 10.2 Å². The Hall–Kier alpha value is -0.480. The summed E-state index contributed by atoms with van der Waals surface area (Å²) in [4.78, 5) is 5.31. The fourth-order valence-corrected chi connectivity index (χ4v) is 4.43. The Morgan fingerprint density at radius 3 is 2.48 bits per heavy atom. The molecule has 1 aliphatic carbocycles. The maximum atomic E-state index is 3.51. The standard InChI is InChI=1S/C18H27N3.2ClH/c1-14-5-2-3-6-18(14)21-8-4-7-20(9-10-21)13-17-15-11-19-12-16(15)17;;/h2-3,5-6,15-17,19H,4,7-13H2,1H3;2*1H/t15-,16+,17?;;. The summed E-state index contributed by atoms with van der Waals surface area (Å²) in [5.74, 6) is 3.00. The highest BCUT2D eigenvalue weighted by atomic mass is 35.5. The fraction of sp³-hybridized carbons (Fsp3) is 0.667. The molecule has 1 N–H and O–H groups in total. The number of fused-ring (bicyclic) bond motifs is 1. The van der Waals surface area contributed by atoms with Gasteiger partial charge in [-0.1, -0.05) is 18.2 Å². The van der Waals surface area contributed by atoms with E-state index in [1.165, 1.54) is 63.5 Å². The van der Waals surface area contributed by atoms with E-state index in [4.69, 9.17) is 0 Å². The maximum absolute atomic E-state index is 3.51. The minimum Gasteiger partial charge on any atom is -0.370 e. The molecule has 0 spiro atoms. The number of anilines is 1. The molecule has 3 nitrogen and oxygen atoms in total. The van der Waals surface area contributed by atoms with E-state index in [-0.39, 0.29) is 24.8 Å². The lowest BCUT2D eigenvalue weighted by Crippen LogP contribution is -2.33. The predicted molar refractivity (Wildman–Crippen MR) is 102 cm³/mol. The van der Waals surface area contributed by atoms with Crippen LogP contribution in [0.3, 0.4) is 0 Å². The molecule has 2 heterocycles. The first kappa shape index (κ1) is 18.9. The number of aryl methyl sites for hydroxylation is 1. The molecule has 23 heavy (non-hydrogen) atoms. The average Bonchev–Trinajstić information content (AvgIpc) is 3.00. The van der Waals surface area contributed by atoms with Gasteiger partial charge in [-0.2, -0.15) is 0 Å². The van der Waals surface area contributed by atoms with Crippen LogP contribution in [0.5, 0.6) is 0 Å². The second-order valence-corrected chi connectivity index (χ2v) is 7.08. The monoisotopic (exact) mass is 357 g/mol.